The zero-order chi connectivity index (χ0) is 19.3. The summed E-state index contributed by atoms with van der Waals surface area (Å²) in [6.45, 7) is 1.03. The minimum Gasteiger partial charge on any atom is -0.497 e. The molecule has 7 heteroatoms. The lowest BCUT2D eigenvalue weighted by molar-refractivity contribution is -0.136. The normalized spacial score (nSPS) is 19.4. The van der Waals surface area contributed by atoms with Crippen molar-refractivity contribution in [2.45, 2.75) is 5.92 Å². The first-order chi connectivity index (χ1) is 13.7. The van der Waals surface area contributed by atoms with E-state index in [2.05, 4.69) is 0 Å². The third-order valence-corrected chi connectivity index (χ3v) is 5.09. The van der Waals surface area contributed by atoms with E-state index in [-0.39, 0.29) is 18.5 Å². The molecule has 0 amide bonds. The van der Waals surface area contributed by atoms with Gasteiger partial charge in [0.25, 0.3) is 0 Å². The molecule has 3 heterocycles. The van der Waals surface area contributed by atoms with Gasteiger partial charge in [-0.3, -0.25) is 0 Å². The minimum absolute atomic E-state index is 0.114. The van der Waals surface area contributed by atoms with E-state index in [4.69, 9.17) is 28.4 Å². The van der Waals surface area contributed by atoms with Gasteiger partial charge in [0.15, 0.2) is 17.3 Å². The highest BCUT2D eigenvalue weighted by molar-refractivity contribution is 5.95. The first-order valence-corrected chi connectivity index (χ1v) is 8.93. The smallest absolute Gasteiger partial charge is 0.339 e. The monoisotopic (exact) mass is 382 g/mol. The van der Waals surface area contributed by atoms with E-state index < -0.39 is 0 Å². The maximum Gasteiger partial charge on any atom is 0.339 e. The Morgan fingerprint density at radius 1 is 0.964 bits per heavy atom. The molecule has 144 valence electrons. The first kappa shape index (κ1) is 16.8. The molecule has 2 aromatic carbocycles. The third kappa shape index (κ3) is 2.46. The van der Waals surface area contributed by atoms with Gasteiger partial charge in [-0.2, -0.15) is 0 Å². The predicted molar refractivity (Wildman–Crippen MR) is 97.4 cm³/mol. The van der Waals surface area contributed by atoms with Gasteiger partial charge >= 0.3 is 5.97 Å². The molecular formula is C21H18O7. The zero-order valence-corrected chi connectivity index (χ0v) is 15.4. The summed E-state index contributed by atoms with van der Waals surface area (Å²) >= 11 is 0. The summed E-state index contributed by atoms with van der Waals surface area (Å²) in [5.41, 5.74) is 2.18. The van der Waals surface area contributed by atoms with Crippen LogP contribution in [-0.4, -0.2) is 40.0 Å². The van der Waals surface area contributed by atoms with Crippen LogP contribution in [0.5, 0.6) is 28.7 Å². The number of carbonyl (C=O) groups is 1. The van der Waals surface area contributed by atoms with Gasteiger partial charge in [0.1, 0.15) is 31.3 Å². The van der Waals surface area contributed by atoms with Crippen LogP contribution in [0, 0.1) is 0 Å². The topological polar surface area (TPSA) is 72.5 Å². The second kappa shape index (κ2) is 6.37. The molecule has 28 heavy (non-hydrogen) atoms. The van der Waals surface area contributed by atoms with Gasteiger partial charge in [-0.15, -0.1) is 0 Å². The van der Waals surface area contributed by atoms with E-state index in [0.29, 0.717) is 53.3 Å². The van der Waals surface area contributed by atoms with E-state index in [0.717, 1.165) is 11.1 Å². The lowest BCUT2D eigenvalue weighted by Crippen LogP contribution is -2.20. The van der Waals surface area contributed by atoms with Crippen LogP contribution in [0.3, 0.4) is 0 Å². The fourth-order valence-corrected chi connectivity index (χ4v) is 3.83. The molecule has 1 atom stereocenters. The van der Waals surface area contributed by atoms with E-state index in [9.17, 15) is 4.79 Å². The molecule has 3 aliphatic heterocycles. The third-order valence-electron chi connectivity index (χ3n) is 5.09. The molecule has 0 bridgehead atoms. The molecule has 0 aromatic heterocycles. The molecule has 5 rings (SSSR count). The molecule has 0 unspecified atom stereocenters. The van der Waals surface area contributed by atoms with Crippen molar-refractivity contribution in [2.24, 2.45) is 0 Å². The van der Waals surface area contributed by atoms with Crippen LogP contribution >= 0.6 is 0 Å². The number of benzene rings is 2. The van der Waals surface area contributed by atoms with Crippen molar-refractivity contribution in [2.75, 3.05) is 34.0 Å². The van der Waals surface area contributed by atoms with Crippen LogP contribution in [-0.2, 0) is 9.53 Å². The fourth-order valence-electron chi connectivity index (χ4n) is 3.83. The van der Waals surface area contributed by atoms with Gasteiger partial charge in [0.05, 0.1) is 19.8 Å². The highest BCUT2D eigenvalue weighted by Crippen LogP contribution is 2.50. The SMILES string of the molecule is COc1ccc2c(c1)OC1=C(C(=O)OC1)[C@H]2c1cc(OC)c2c(c1)OCCO2. The summed E-state index contributed by atoms with van der Waals surface area (Å²) in [7, 11) is 3.18. The number of rotatable bonds is 3. The molecule has 3 aliphatic rings. The molecule has 0 saturated carbocycles. The van der Waals surface area contributed by atoms with Crippen molar-refractivity contribution >= 4 is 5.97 Å². The molecule has 0 radical (unpaired) electrons. The Hall–Kier alpha value is -3.35. The van der Waals surface area contributed by atoms with Gasteiger partial charge in [-0.1, -0.05) is 6.07 Å². The van der Waals surface area contributed by atoms with Gasteiger partial charge in [0, 0.05) is 17.5 Å². The van der Waals surface area contributed by atoms with Gasteiger partial charge < -0.3 is 28.4 Å². The number of ether oxygens (including phenoxy) is 6. The van der Waals surface area contributed by atoms with Crippen LogP contribution in [0.25, 0.3) is 0 Å². The Morgan fingerprint density at radius 2 is 1.82 bits per heavy atom. The van der Waals surface area contributed by atoms with Crippen molar-refractivity contribution in [3.8, 4) is 28.7 Å². The molecule has 2 aromatic rings. The standard InChI is InChI=1S/C21H18O7/c1-23-12-3-4-13-14(9-12)28-17-10-27-21(22)19(17)18(13)11-7-15(24-2)20-16(8-11)25-5-6-26-20/h3-4,7-9,18H,5-6,10H2,1-2H3/t18-/m0/s1. The number of fused-ring (bicyclic) bond motifs is 2. The fraction of sp³-hybridized carbons (Fsp3) is 0.286. The zero-order valence-electron chi connectivity index (χ0n) is 15.4. The Balaban J connectivity index is 1.71. The summed E-state index contributed by atoms with van der Waals surface area (Å²) in [4.78, 5) is 12.5. The summed E-state index contributed by atoms with van der Waals surface area (Å²) in [6.07, 6.45) is 0. The van der Waals surface area contributed by atoms with Gasteiger partial charge in [-0.05, 0) is 23.8 Å². The Labute approximate surface area is 161 Å². The van der Waals surface area contributed by atoms with Gasteiger partial charge in [0.2, 0.25) is 5.75 Å². The number of esters is 1. The lowest BCUT2D eigenvalue weighted by Gasteiger charge is -2.28. The van der Waals surface area contributed by atoms with Crippen molar-refractivity contribution in [1.82, 2.24) is 0 Å². The number of cyclic esters (lactones) is 1. The molecule has 0 fully saturated rings. The maximum atomic E-state index is 12.5. The summed E-state index contributed by atoms with van der Waals surface area (Å²) in [6, 6.07) is 9.31. The Kier molecular flexibility index (Phi) is 3.82. The first-order valence-electron chi connectivity index (χ1n) is 8.93. The highest BCUT2D eigenvalue weighted by Gasteiger charge is 2.41. The summed E-state index contributed by atoms with van der Waals surface area (Å²) in [5, 5.41) is 0. The van der Waals surface area contributed by atoms with Crippen molar-refractivity contribution in [3.63, 3.8) is 0 Å². The molecule has 0 N–H and O–H groups in total. The van der Waals surface area contributed by atoms with Crippen LogP contribution < -0.4 is 23.7 Å². The van der Waals surface area contributed by atoms with E-state index in [1.54, 1.807) is 14.2 Å². The average Bonchev–Trinajstić information content (AvgIpc) is 3.11. The highest BCUT2D eigenvalue weighted by atomic mass is 16.6. The van der Waals surface area contributed by atoms with Crippen LogP contribution in [0.2, 0.25) is 0 Å². The molecule has 0 aliphatic carbocycles. The molecule has 0 spiro atoms. The van der Waals surface area contributed by atoms with E-state index >= 15 is 0 Å². The largest absolute Gasteiger partial charge is 0.497 e. The van der Waals surface area contributed by atoms with Crippen molar-refractivity contribution in [1.29, 1.82) is 0 Å². The second-order valence-electron chi connectivity index (χ2n) is 6.60. The lowest BCUT2D eigenvalue weighted by atomic mass is 9.82. The summed E-state index contributed by atoms with van der Waals surface area (Å²) in [5.74, 6) is 2.80. The average molecular weight is 382 g/mol. The Morgan fingerprint density at radius 3 is 2.64 bits per heavy atom. The van der Waals surface area contributed by atoms with Crippen LogP contribution in [0.4, 0.5) is 0 Å². The number of hydrogen-bond donors (Lipinski definition) is 0. The molecule has 0 saturated heterocycles. The molecular weight excluding hydrogens is 364 g/mol. The summed E-state index contributed by atoms with van der Waals surface area (Å²) < 4.78 is 33.5. The number of hydrogen-bond acceptors (Lipinski definition) is 7. The van der Waals surface area contributed by atoms with Crippen LogP contribution in [0.1, 0.15) is 17.0 Å². The van der Waals surface area contributed by atoms with E-state index in [1.807, 2.05) is 30.3 Å². The number of methoxy groups -OCH3 is 2. The molecule has 7 nitrogen and oxygen atoms in total. The second-order valence-corrected chi connectivity index (χ2v) is 6.60. The quantitative estimate of drug-likeness (QED) is 0.756. The van der Waals surface area contributed by atoms with Gasteiger partial charge in [-0.25, -0.2) is 4.79 Å². The van der Waals surface area contributed by atoms with Crippen molar-refractivity contribution < 1.29 is 33.2 Å². The van der Waals surface area contributed by atoms with E-state index in [1.165, 1.54) is 0 Å². The number of carbonyl (C=O) groups excluding carboxylic acids is 1. The Bertz CT molecular complexity index is 991. The van der Waals surface area contributed by atoms with Crippen molar-refractivity contribution in [3.05, 3.63) is 52.8 Å². The van der Waals surface area contributed by atoms with Crippen LogP contribution in [0.15, 0.2) is 41.7 Å². The predicted octanol–water partition coefficient (Wildman–Crippen LogP) is 2.81. The maximum absolute atomic E-state index is 12.5. The minimum atomic E-state index is -0.379.